The van der Waals surface area contributed by atoms with Crippen LogP contribution >= 0.6 is 15.9 Å². The third-order valence-electron chi connectivity index (χ3n) is 5.06. The highest BCUT2D eigenvalue weighted by Crippen LogP contribution is 2.23. The fraction of sp³-hybridized carbons (Fsp3) is 0.286. The molecule has 4 rings (SSSR count). The van der Waals surface area contributed by atoms with E-state index in [1.807, 2.05) is 5.48 Å². The Balaban J connectivity index is 1.41. The normalized spacial score (nSPS) is 15.0. The summed E-state index contributed by atoms with van der Waals surface area (Å²) >= 11 is 3.11. The summed E-state index contributed by atoms with van der Waals surface area (Å²) in [6.07, 6.45) is 0. The molecule has 0 radical (unpaired) electrons. The van der Waals surface area contributed by atoms with Crippen LogP contribution in [0.4, 0.5) is 15.9 Å². The zero-order chi connectivity index (χ0) is 22.3. The fourth-order valence-corrected chi connectivity index (χ4v) is 3.72. The zero-order valence-corrected chi connectivity index (χ0v) is 18.8. The van der Waals surface area contributed by atoms with E-state index in [9.17, 15) is 9.60 Å². The minimum atomic E-state index is -0.410. The molecule has 0 bridgehead atoms. The standard InChI is InChI=1S/C21H23BrFN7O2/c22-17-11-16(5-6-18(17)23)26-21(27-31)19-20(29-32-28-19)25-12-14-1-3-15(4-2-14)13-30-9-7-24-8-10-30/h1-6,11,24,31H,7-10,12-13H2,(H,25,29)(H,26,27). The van der Waals surface area contributed by atoms with Gasteiger partial charge in [0.2, 0.25) is 5.82 Å². The highest BCUT2D eigenvalue weighted by atomic mass is 79.9. The number of halogens is 2. The van der Waals surface area contributed by atoms with Crippen LogP contribution in [0, 0.1) is 5.82 Å². The predicted octanol–water partition coefficient (Wildman–Crippen LogP) is 3.05. The van der Waals surface area contributed by atoms with Gasteiger partial charge in [-0.3, -0.25) is 15.6 Å². The zero-order valence-electron chi connectivity index (χ0n) is 17.2. The molecular formula is C21H23BrFN7O2. The maximum atomic E-state index is 13.4. The van der Waals surface area contributed by atoms with Gasteiger partial charge in [0, 0.05) is 39.3 Å². The first-order chi connectivity index (χ1) is 15.6. The number of hydrogen-bond acceptors (Lipinski definition) is 8. The first-order valence-electron chi connectivity index (χ1n) is 10.1. The van der Waals surface area contributed by atoms with E-state index in [4.69, 9.17) is 4.63 Å². The van der Waals surface area contributed by atoms with Crippen LogP contribution < -0.4 is 16.1 Å². The highest BCUT2D eigenvalue weighted by Gasteiger charge is 2.17. The second-order valence-corrected chi connectivity index (χ2v) is 8.18. The Labute approximate surface area is 192 Å². The number of hydrogen-bond donors (Lipinski definition) is 4. The summed E-state index contributed by atoms with van der Waals surface area (Å²) in [6.45, 7) is 5.60. The topological polar surface area (TPSA) is 111 Å². The van der Waals surface area contributed by atoms with Crippen LogP contribution in [-0.2, 0) is 13.1 Å². The molecule has 0 aliphatic carbocycles. The van der Waals surface area contributed by atoms with Gasteiger partial charge in [-0.25, -0.2) is 14.0 Å². The van der Waals surface area contributed by atoms with E-state index in [1.165, 1.54) is 23.8 Å². The molecule has 1 aliphatic heterocycles. The summed E-state index contributed by atoms with van der Waals surface area (Å²) in [7, 11) is 0. The van der Waals surface area contributed by atoms with E-state index < -0.39 is 5.82 Å². The van der Waals surface area contributed by atoms with Crippen molar-refractivity contribution >= 4 is 33.3 Å². The molecule has 3 aromatic rings. The average Bonchev–Trinajstić information content (AvgIpc) is 3.28. The summed E-state index contributed by atoms with van der Waals surface area (Å²) < 4.78 is 18.5. The fourth-order valence-electron chi connectivity index (χ4n) is 3.35. The van der Waals surface area contributed by atoms with E-state index in [0.717, 1.165) is 38.3 Å². The largest absolute Gasteiger partial charge is 0.361 e. The molecule has 1 aromatic heterocycles. The Kier molecular flexibility index (Phi) is 7.43. The molecule has 11 heteroatoms. The van der Waals surface area contributed by atoms with E-state index in [2.05, 4.69) is 71.0 Å². The van der Waals surface area contributed by atoms with Crippen molar-refractivity contribution in [1.29, 1.82) is 0 Å². The van der Waals surface area contributed by atoms with Crippen molar-refractivity contribution in [3.05, 3.63) is 69.6 Å². The third-order valence-corrected chi connectivity index (χ3v) is 5.67. The number of aliphatic imine (C=N–C) groups is 1. The molecule has 1 aliphatic rings. The molecule has 32 heavy (non-hydrogen) atoms. The predicted molar refractivity (Wildman–Crippen MR) is 121 cm³/mol. The Hall–Kier alpha value is -2.86. The van der Waals surface area contributed by atoms with Gasteiger partial charge in [0.15, 0.2) is 11.5 Å². The maximum absolute atomic E-state index is 13.4. The number of benzene rings is 2. The molecule has 9 nitrogen and oxygen atoms in total. The van der Waals surface area contributed by atoms with Crippen LogP contribution in [0.2, 0.25) is 0 Å². The monoisotopic (exact) mass is 503 g/mol. The quantitative estimate of drug-likeness (QED) is 0.221. The minimum absolute atomic E-state index is 0.0126. The molecule has 2 aromatic carbocycles. The number of nitrogens with one attached hydrogen (secondary N) is 3. The lowest BCUT2D eigenvalue weighted by Crippen LogP contribution is -2.42. The van der Waals surface area contributed by atoms with Crippen molar-refractivity contribution in [3.63, 3.8) is 0 Å². The molecule has 0 atom stereocenters. The third kappa shape index (κ3) is 5.68. The Bertz CT molecular complexity index is 1070. The Morgan fingerprint density at radius 3 is 2.62 bits per heavy atom. The molecule has 4 N–H and O–H groups in total. The SMILES string of the molecule is ONC(=Nc1ccc(F)c(Br)c1)c1nonc1NCc1ccc(CN2CCNCC2)cc1. The molecule has 1 saturated heterocycles. The lowest BCUT2D eigenvalue weighted by molar-refractivity contribution is 0.233. The highest BCUT2D eigenvalue weighted by molar-refractivity contribution is 9.10. The van der Waals surface area contributed by atoms with Crippen LogP contribution in [-0.4, -0.2) is 52.4 Å². The Morgan fingerprint density at radius 2 is 1.91 bits per heavy atom. The molecule has 0 unspecified atom stereocenters. The number of hydroxylamine groups is 1. The second-order valence-electron chi connectivity index (χ2n) is 7.33. The van der Waals surface area contributed by atoms with Gasteiger partial charge in [-0.15, -0.1) is 0 Å². The van der Waals surface area contributed by atoms with Crippen LogP contribution in [0.5, 0.6) is 0 Å². The summed E-state index contributed by atoms with van der Waals surface area (Å²) in [5.41, 5.74) is 4.93. The van der Waals surface area contributed by atoms with Gasteiger partial charge in [-0.1, -0.05) is 24.3 Å². The Morgan fingerprint density at radius 1 is 1.16 bits per heavy atom. The second kappa shape index (κ2) is 10.6. The van der Waals surface area contributed by atoms with Crippen molar-refractivity contribution in [3.8, 4) is 0 Å². The van der Waals surface area contributed by atoms with Crippen LogP contribution in [0.15, 0.2) is 56.6 Å². The summed E-state index contributed by atoms with van der Waals surface area (Å²) in [5.74, 6) is -0.0816. The summed E-state index contributed by atoms with van der Waals surface area (Å²) in [5, 5.41) is 23.7. The van der Waals surface area contributed by atoms with Crippen molar-refractivity contribution in [2.24, 2.45) is 4.99 Å². The van der Waals surface area contributed by atoms with Crippen molar-refractivity contribution in [2.75, 3.05) is 31.5 Å². The van der Waals surface area contributed by atoms with E-state index >= 15 is 0 Å². The van der Waals surface area contributed by atoms with E-state index in [1.54, 1.807) is 0 Å². The number of aromatic nitrogens is 2. The van der Waals surface area contributed by atoms with Gasteiger partial charge < -0.3 is 10.6 Å². The van der Waals surface area contributed by atoms with Crippen LogP contribution in [0.25, 0.3) is 0 Å². The van der Waals surface area contributed by atoms with Gasteiger partial charge in [0.05, 0.1) is 10.2 Å². The van der Waals surface area contributed by atoms with Gasteiger partial charge >= 0.3 is 0 Å². The van der Waals surface area contributed by atoms with Crippen molar-refractivity contribution in [2.45, 2.75) is 13.1 Å². The summed E-state index contributed by atoms with van der Waals surface area (Å²) in [6, 6.07) is 12.6. The van der Waals surface area contributed by atoms with Gasteiger partial charge in [-0.2, -0.15) is 0 Å². The van der Waals surface area contributed by atoms with Gasteiger partial charge in [0.25, 0.3) is 0 Å². The first kappa shape index (κ1) is 22.3. The molecular weight excluding hydrogens is 481 g/mol. The molecule has 0 saturated carbocycles. The lowest BCUT2D eigenvalue weighted by Gasteiger charge is -2.27. The summed E-state index contributed by atoms with van der Waals surface area (Å²) in [4.78, 5) is 6.68. The number of rotatable bonds is 7. The van der Waals surface area contributed by atoms with E-state index in [-0.39, 0.29) is 16.0 Å². The van der Waals surface area contributed by atoms with Crippen LogP contribution in [0.3, 0.4) is 0 Å². The molecule has 2 heterocycles. The first-order valence-corrected chi connectivity index (χ1v) is 10.9. The number of amidine groups is 1. The maximum Gasteiger partial charge on any atom is 0.202 e. The molecule has 1 fully saturated rings. The number of piperazine rings is 1. The molecule has 0 spiro atoms. The smallest absolute Gasteiger partial charge is 0.202 e. The minimum Gasteiger partial charge on any atom is -0.361 e. The molecule has 168 valence electrons. The van der Waals surface area contributed by atoms with Gasteiger partial charge in [-0.05, 0) is 55.6 Å². The van der Waals surface area contributed by atoms with E-state index in [0.29, 0.717) is 18.1 Å². The van der Waals surface area contributed by atoms with Crippen molar-refractivity contribution in [1.82, 2.24) is 26.0 Å². The lowest BCUT2D eigenvalue weighted by atomic mass is 10.1. The number of nitrogens with zero attached hydrogens (tertiary/aromatic N) is 4. The number of anilines is 1. The van der Waals surface area contributed by atoms with Crippen LogP contribution in [0.1, 0.15) is 16.8 Å². The van der Waals surface area contributed by atoms with Crippen molar-refractivity contribution < 1.29 is 14.2 Å². The van der Waals surface area contributed by atoms with Gasteiger partial charge in [0.1, 0.15) is 5.82 Å². The molecule has 0 amide bonds. The average molecular weight is 504 g/mol.